The number of carbonyl (C=O) groups is 5. The zero-order valence-electron chi connectivity index (χ0n) is 28.3. The number of hydrogen-bond acceptors (Lipinski definition) is 11. The smallest absolute Gasteiger partial charge is 0.363 e. The van der Waals surface area contributed by atoms with Crippen LogP contribution in [0.15, 0.2) is 55.1 Å². The number of aliphatic hydroxyl groups excluding tert-OH is 1. The molecular formula is C35H46O14. The molecule has 0 aromatic heterocycles. The van der Waals surface area contributed by atoms with Crippen molar-refractivity contribution in [3.8, 4) is 0 Å². The number of esters is 2. The van der Waals surface area contributed by atoms with Gasteiger partial charge in [0.2, 0.25) is 5.60 Å². The molecule has 3 rings (SSSR count). The van der Waals surface area contributed by atoms with Gasteiger partial charge in [0.1, 0.15) is 0 Å². The van der Waals surface area contributed by atoms with Crippen LogP contribution in [0.2, 0.25) is 0 Å². The Kier molecular flexibility index (Phi) is 11.9. The van der Waals surface area contributed by atoms with Gasteiger partial charge in [-0.25, -0.2) is 19.2 Å². The van der Waals surface area contributed by atoms with Gasteiger partial charge in [-0.2, -0.15) is 0 Å². The van der Waals surface area contributed by atoms with Crippen molar-refractivity contribution >= 4 is 29.8 Å². The van der Waals surface area contributed by atoms with Crippen LogP contribution in [-0.2, 0) is 42.9 Å². The van der Waals surface area contributed by atoms with Crippen LogP contribution in [0.3, 0.4) is 0 Å². The molecule has 2 aliphatic rings. The topological polar surface area (TPSA) is 223 Å². The van der Waals surface area contributed by atoms with Gasteiger partial charge in [0, 0.05) is 13.0 Å². The van der Waals surface area contributed by atoms with E-state index in [4.69, 9.17) is 18.9 Å². The number of carboxylic acids is 3. The lowest BCUT2D eigenvalue weighted by atomic mass is 9.61. The normalized spacial score (nSPS) is 32.5. The Morgan fingerprint density at radius 3 is 2.08 bits per heavy atom. The SMILES string of the molecule is C=C[C@]1(C(=O)O)O[C@]2(OC(C)=O)O[C@](C(=O)O)([C@]1(O)C(=O)O)[C@@](CCC(CCC)c1ccccc1)(OC(=O)C=CC(C)CC(C)CC)[C@H]2O. The van der Waals surface area contributed by atoms with Gasteiger partial charge in [0.05, 0.1) is 0 Å². The lowest BCUT2D eigenvalue weighted by Gasteiger charge is -2.54. The fourth-order valence-corrected chi connectivity index (χ4v) is 7.08. The molecule has 2 heterocycles. The maximum Gasteiger partial charge on any atom is 0.363 e. The van der Waals surface area contributed by atoms with Crippen LogP contribution in [0.4, 0.5) is 0 Å². The summed E-state index contributed by atoms with van der Waals surface area (Å²) < 4.78 is 22.0. The number of aliphatic hydroxyl groups is 2. The van der Waals surface area contributed by atoms with Crippen LogP contribution < -0.4 is 0 Å². The molecule has 0 aliphatic carbocycles. The van der Waals surface area contributed by atoms with E-state index in [0.29, 0.717) is 19.3 Å². The molecule has 9 atom stereocenters. The number of benzene rings is 1. The number of rotatable bonds is 17. The van der Waals surface area contributed by atoms with Gasteiger partial charge in [-0.15, -0.1) is 0 Å². The van der Waals surface area contributed by atoms with Gasteiger partial charge in [-0.3, -0.25) is 14.3 Å². The molecule has 14 heteroatoms. The van der Waals surface area contributed by atoms with Crippen molar-refractivity contribution in [1.29, 1.82) is 0 Å². The molecule has 0 saturated carbocycles. The Morgan fingerprint density at radius 2 is 1.59 bits per heavy atom. The first-order valence-corrected chi connectivity index (χ1v) is 16.2. The van der Waals surface area contributed by atoms with Crippen LogP contribution in [0.25, 0.3) is 0 Å². The molecule has 2 bridgehead atoms. The second-order valence-electron chi connectivity index (χ2n) is 12.9. The van der Waals surface area contributed by atoms with Crippen molar-refractivity contribution in [3.63, 3.8) is 0 Å². The van der Waals surface area contributed by atoms with E-state index in [1.165, 1.54) is 6.08 Å². The summed E-state index contributed by atoms with van der Waals surface area (Å²) in [5, 5.41) is 56.2. The largest absolute Gasteiger partial charge is 0.479 e. The molecule has 270 valence electrons. The first kappa shape index (κ1) is 39.3. The lowest BCUT2D eigenvalue weighted by Crippen LogP contribution is -2.85. The summed E-state index contributed by atoms with van der Waals surface area (Å²) in [7, 11) is 0. The number of carboxylic acid groups (broad SMARTS) is 3. The number of hydrogen-bond donors (Lipinski definition) is 5. The molecule has 2 fully saturated rings. The lowest BCUT2D eigenvalue weighted by molar-refractivity contribution is -0.459. The number of fused-ring (bicyclic) bond motifs is 2. The molecule has 2 saturated heterocycles. The zero-order chi connectivity index (χ0) is 37.0. The van der Waals surface area contributed by atoms with Gasteiger partial charge in [-0.1, -0.05) is 83.5 Å². The Labute approximate surface area is 284 Å². The molecule has 1 aromatic carbocycles. The maximum atomic E-state index is 13.7. The summed E-state index contributed by atoms with van der Waals surface area (Å²) in [6, 6.07) is 8.87. The molecule has 49 heavy (non-hydrogen) atoms. The van der Waals surface area contributed by atoms with Crippen molar-refractivity contribution in [3.05, 3.63) is 60.7 Å². The quantitative estimate of drug-likeness (QED) is 0.0896. The van der Waals surface area contributed by atoms with E-state index in [9.17, 15) is 49.5 Å². The number of ether oxygens (including phenoxy) is 4. The summed E-state index contributed by atoms with van der Waals surface area (Å²) in [4.78, 5) is 65.8. The van der Waals surface area contributed by atoms with Crippen molar-refractivity contribution in [2.75, 3.05) is 0 Å². The van der Waals surface area contributed by atoms with Gasteiger partial charge in [-0.05, 0) is 55.1 Å². The van der Waals surface area contributed by atoms with Crippen molar-refractivity contribution < 1.29 is 68.5 Å². The van der Waals surface area contributed by atoms with Crippen LogP contribution in [0.5, 0.6) is 0 Å². The molecule has 0 spiro atoms. The summed E-state index contributed by atoms with van der Waals surface area (Å²) in [5.74, 6) is -13.5. The van der Waals surface area contributed by atoms with E-state index >= 15 is 0 Å². The van der Waals surface area contributed by atoms with E-state index in [2.05, 4.69) is 6.58 Å². The highest BCUT2D eigenvalue weighted by Crippen LogP contribution is 2.64. The van der Waals surface area contributed by atoms with Gasteiger partial charge < -0.3 is 35.0 Å². The minimum absolute atomic E-state index is 0.130. The molecule has 14 nitrogen and oxygen atoms in total. The minimum atomic E-state index is -4.22. The third kappa shape index (κ3) is 6.38. The van der Waals surface area contributed by atoms with Crippen LogP contribution in [0.1, 0.15) is 84.6 Å². The third-order valence-electron chi connectivity index (χ3n) is 9.61. The van der Waals surface area contributed by atoms with Crippen molar-refractivity contribution in [1.82, 2.24) is 0 Å². The predicted octanol–water partition coefficient (Wildman–Crippen LogP) is 3.55. The second kappa shape index (κ2) is 14.8. The molecule has 3 unspecified atom stereocenters. The van der Waals surface area contributed by atoms with Crippen molar-refractivity contribution in [2.45, 2.75) is 114 Å². The van der Waals surface area contributed by atoms with Gasteiger partial charge in [0.15, 0.2) is 11.7 Å². The first-order chi connectivity index (χ1) is 22.9. The number of allylic oxidation sites excluding steroid dienone is 1. The highest BCUT2D eigenvalue weighted by molar-refractivity contribution is 6.02. The molecule has 1 aromatic rings. The summed E-state index contributed by atoms with van der Waals surface area (Å²) >= 11 is 0. The Bertz CT molecular complexity index is 1460. The summed E-state index contributed by atoms with van der Waals surface area (Å²) in [6.45, 7) is 11.8. The highest BCUT2D eigenvalue weighted by atomic mass is 16.9. The van der Waals surface area contributed by atoms with E-state index in [1.54, 1.807) is 30.3 Å². The van der Waals surface area contributed by atoms with E-state index < -0.39 is 76.7 Å². The van der Waals surface area contributed by atoms with Crippen LogP contribution in [-0.4, -0.2) is 89.9 Å². The Morgan fingerprint density at radius 1 is 0.959 bits per heavy atom. The fraction of sp³-hybridized carbons (Fsp3) is 0.571. The highest BCUT2D eigenvalue weighted by Gasteiger charge is 2.96. The molecule has 0 radical (unpaired) electrons. The van der Waals surface area contributed by atoms with E-state index in [1.807, 2.05) is 27.7 Å². The average molecular weight is 691 g/mol. The number of aliphatic carboxylic acids is 3. The van der Waals surface area contributed by atoms with E-state index in [-0.39, 0.29) is 24.3 Å². The predicted molar refractivity (Wildman–Crippen MR) is 171 cm³/mol. The van der Waals surface area contributed by atoms with E-state index in [0.717, 1.165) is 25.0 Å². The molecular weight excluding hydrogens is 644 g/mol. The molecule has 2 aliphatic heterocycles. The Balaban J connectivity index is 2.41. The van der Waals surface area contributed by atoms with Crippen LogP contribution in [0, 0.1) is 11.8 Å². The monoisotopic (exact) mass is 690 g/mol. The fourth-order valence-electron chi connectivity index (χ4n) is 7.08. The zero-order valence-corrected chi connectivity index (χ0v) is 28.3. The summed E-state index contributed by atoms with van der Waals surface area (Å²) in [6.07, 6.45) is 1.71. The summed E-state index contributed by atoms with van der Waals surface area (Å²) in [5.41, 5.74) is -14.2. The first-order valence-electron chi connectivity index (χ1n) is 16.2. The Hall–Kier alpha value is -4.11. The average Bonchev–Trinajstić information content (AvgIpc) is 3.22. The number of carbonyl (C=O) groups excluding carboxylic acids is 2. The van der Waals surface area contributed by atoms with Crippen molar-refractivity contribution in [2.24, 2.45) is 11.8 Å². The minimum Gasteiger partial charge on any atom is -0.479 e. The van der Waals surface area contributed by atoms with Gasteiger partial charge in [0.25, 0.3) is 11.2 Å². The molecule has 5 N–H and O–H groups in total. The second-order valence-corrected chi connectivity index (χ2v) is 12.9. The van der Waals surface area contributed by atoms with Gasteiger partial charge >= 0.3 is 35.8 Å². The maximum absolute atomic E-state index is 13.7. The molecule has 0 amide bonds. The third-order valence-corrected chi connectivity index (χ3v) is 9.61. The standard InChI is InChI=1S/C35H46O14/c1-7-13-24(25-14-11-10-12-15-25)18-19-32(47-26(37)17-16-22(5)20-21(4)8-2)27(38)35(46-23(6)36)48-31(9-3,28(39)40)33(45,29(41)42)34(32,49-35)30(43)44/h9-12,14-17,21-22,24,27,38,45H,3,7-8,13,18-20H2,1-2,4-6H3,(H,39,40)(H,41,42)(H,43,44)/t21?,22?,24?,27-,31-,32+,33+,34+,35+/m1/s1. The van der Waals surface area contributed by atoms with Crippen LogP contribution >= 0.6 is 0 Å².